The molecule has 0 unspecified atom stereocenters. The summed E-state index contributed by atoms with van der Waals surface area (Å²) in [4.78, 5) is 0.338. The molecule has 4 heteroatoms. The molecular weight excluding hydrogens is 222 g/mol. The maximum atomic E-state index is 11.8. The molecule has 1 rings (SSSR count). The zero-order valence-electron chi connectivity index (χ0n) is 10.5. The highest BCUT2D eigenvalue weighted by Crippen LogP contribution is 2.23. The van der Waals surface area contributed by atoms with Crippen LogP contribution in [0.2, 0.25) is 0 Å². The van der Waals surface area contributed by atoms with E-state index in [0.717, 1.165) is 5.56 Å². The summed E-state index contributed by atoms with van der Waals surface area (Å²) in [6.07, 6.45) is 0. The van der Waals surface area contributed by atoms with Crippen LogP contribution in [-0.2, 0) is 15.4 Å². The zero-order chi connectivity index (χ0) is 12.6. The lowest BCUT2D eigenvalue weighted by Crippen LogP contribution is -2.22. The van der Waals surface area contributed by atoms with Crippen LogP contribution in [0.4, 0.5) is 0 Å². The van der Waals surface area contributed by atoms with Crippen molar-refractivity contribution in [3.8, 4) is 0 Å². The van der Waals surface area contributed by atoms with Crippen molar-refractivity contribution in [3.05, 3.63) is 29.8 Å². The van der Waals surface area contributed by atoms with Crippen LogP contribution in [0.15, 0.2) is 29.2 Å². The molecule has 0 radical (unpaired) electrons. The zero-order valence-corrected chi connectivity index (χ0v) is 11.3. The molecule has 0 aliphatic carbocycles. The van der Waals surface area contributed by atoms with Gasteiger partial charge in [-0.25, -0.2) is 12.7 Å². The molecule has 3 nitrogen and oxygen atoms in total. The topological polar surface area (TPSA) is 37.4 Å². The Labute approximate surface area is 98.1 Å². The second-order valence-electron chi connectivity index (χ2n) is 5.06. The molecule has 1 aromatic rings. The number of hydrogen-bond acceptors (Lipinski definition) is 2. The molecule has 0 heterocycles. The van der Waals surface area contributed by atoms with Gasteiger partial charge in [-0.3, -0.25) is 0 Å². The molecule has 0 atom stereocenters. The van der Waals surface area contributed by atoms with Crippen LogP contribution in [0.25, 0.3) is 0 Å². The third-order valence-corrected chi connectivity index (χ3v) is 4.33. The first-order valence-corrected chi connectivity index (χ1v) is 6.63. The molecule has 0 aromatic heterocycles. The lowest BCUT2D eigenvalue weighted by atomic mass is 9.87. The third-order valence-electron chi connectivity index (χ3n) is 2.50. The predicted molar refractivity (Wildman–Crippen MR) is 66.0 cm³/mol. The number of rotatable bonds is 2. The molecule has 90 valence electrons. The molecule has 0 fully saturated rings. The highest BCUT2D eigenvalue weighted by atomic mass is 32.2. The van der Waals surface area contributed by atoms with Gasteiger partial charge in [0, 0.05) is 14.1 Å². The molecule has 1 aromatic carbocycles. The largest absolute Gasteiger partial charge is 0.242 e. The minimum Gasteiger partial charge on any atom is -0.207 e. The number of sulfonamides is 1. The van der Waals surface area contributed by atoms with Gasteiger partial charge in [0.05, 0.1) is 4.90 Å². The van der Waals surface area contributed by atoms with Crippen LogP contribution in [-0.4, -0.2) is 26.8 Å². The van der Waals surface area contributed by atoms with Crippen molar-refractivity contribution in [2.24, 2.45) is 0 Å². The normalized spacial score (nSPS) is 13.1. The fourth-order valence-electron chi connectivity index (χ4n) is 1.34. The predicted octanol–water partition coefficient (Wildman–Crippen LogP) is 2.23. The second-order valence-corrected chi connectivity index (χ2v) is 7.21. The Morgan fingerprint density at radius 3 is 1.75 bits per heavy atom. The number of hydrogen-bond donors (Lipinski definition) is 0. The van der Waals surface area contributed by atoms with Crippen molar-refractivity contribution in [2.45, 2.75) is 31.1 Å². The number of benzene rings is 1. The Morgan fingerprint density at radius 2 is 1.44 bits per heavy atom. The van der Waals surface area contributed by atoms with E-state index in [0.29, 0.717) is 4.90 Å². The Balaban J connectivity index is 3.15. The Bertz CT molecular complexity index is 453. The first kappa shape index (κ1) is 13.2. The van der Waals surface area contributed by atoms with Crippen LogP contribution in [0.3, 0.4) is 0 Å². The van der Waals surface area contributed by atoms with E-state index in [9.17, 15) is 8.42 Å². The van der Waals surface area contributed by atoms with E-state index in [2.05, 4.69) is 20.8 Å². The average molecular weight is 241 g/mol. The molecule has 0 aliphatic rings. The fraction of sp³-hybridized carbons (Fsp3) is 0.500. The minimum absolute atomic E-state index is 0.0421. The number of nitrogens with zero attached hydrogens (tertiary/aromatic N) is 1. The van der Waals surface area contributed by atoms with Crippen molar-refractivity contribution in [1.82, 2.24) is 4.31 Å². The van der Waals surface area contributed by atoms with Gasteiger partial charge in [-0.15, -0.1) is 0 Å². The van der Waals surface area contributed by atoms with Gasteiger partial charge in [0.15, 0.2) is 0 Å². The summed E-state index contributed by atoms with van der Waals surface area (Å²) in [5.74, 6) is 0. The van der Waals surface area contributed by atoms with E-state index in [4.69, 9.17) is 0 Å². The molecule has 0 amide bonds. The molecule has 0 saturated carbocycles. The third kappa shape index (κ3) is 2.62. The van der Waals surface area contributed by atoms with E-state index in [1.54, 1.807) is 12.1 Å². The van der Waals surface area contributed by atoms with E-state index in [-0.39, 0.29) is 5.41 Å². The minimum atomic E-state index is -3.31. The van der Waals surface area contributed by atoms with Crippen molar-refractivity contribution in [2.75, 3.05) is 14.1 Å². The van der Waals surface area contributed by atoms with Gasteiger partial charge in [-0.05, 0) is 23.1 Å². The monoisotopic (exact) mass is 241 g/mol. The van der Waals surface area contributed by atoms with E-state index in [1.165, 1.54) is 18.4 Å². The van der Waals surface area contributed by atoms with Crippen molar-refractivity contribution >= 4 is 10.0 Å². The summed E-state index contributed by atoms with van der Waals surface area (Å²) < 4.78 is 24.9. The van der Waals surface area contributed by atoms with Crippen molar-refractivity contribution in [1.29, 1.82) is 0 Å². The molecule has 0 aliphatic heterocycles. The maximum Gasteiger partial charge on any atom is 0.242 e. The van der Waals surface area contributed by atoms with Gasteiger partial charge in [-0.2, -0.15) is 0 Å². The first-order chi connectivity index (χ1) is 7.15. The maximum absolute atomic E-state index is 11.8. The van der Waals surface area contributed by atoms with Gasteiger partial charge in [0.2, 0.25) is 10.0 Å². The molecule has 0 bridgehead atoms. The molecule has 16 heavy (non-hydrogen) atoms. The van der Waals surface area contributed by atoms with Gasteiger partial charge in [-0.1, -0.05) is 32.9 Å². The van der Waals surface area contributed by atoms with E-state index < -0.39 is 10.0 Å². The van der Waals surface area contributed by atoms with Crippen molar-refractivity contribution in [3.63, 3.8) is 0 Å². The Hall–Kier alpha value is -0.870. The van der Waals surface area contributed by atoms with Crippen LogP contribution in [0, 0.1) is 0 Å². The standard InChI is InChI=1S/C12H19NO2S/c1-12(2,3)10-6-8-11(9-7-10)16(14,15)13(4)5/h6-9H,1-5H3. The lowest BCUT2D eigenvalue weighted by molar-refractivity contribution is 0.520. The van der Waals surface area contributed by atoms with E-state index in [1.807, 2.05) is 12.1 Å². The summed E-state index contributed by atoms with van der Waals surface area (Å²) in [5.41, 5.74) is 1.17. The van der Waals surface area contributed by atoms with Gasteiger partial charge in [0.1, 0.15) is 0 Å². The van der Waals surface area contributed by atoms with Gasteiger partial charge < -0.3 is 0 Å². The second kappa shape index (κ2) is 4.18. The smallest absolute Gasteiger partial charge is 0.207 e. The van der Waals surface area contributed by atoms with Crippen LogP contribution >= 0.6 is 0 Å². The molecule has 0 N–H and O–H groups in total. The highest BCUT2D eigenvalue weighted by Gasteiger charge is 2.19. The quantitative estimate of drug-likeness (QED) is 0.796. The molecule has 0 spiro atoms. The summed E-state index contributed by atoms with van der Waals surface area (Å²) in [5, 5.41) is 0. The van der Waals surface area contributed by atoms with Crippen molar-refractivity contribution < 1.29 is 8.42 Å². The Morgan fingerprint density at radius 1 is 1.00 bits per heavy atom. The SMILES string of the molecule is CN(C)S(=O)(=O)c1ccc(C(C)(C)C)cc1. The first-order valence-electron chi connectivity index (χ1n) is 5.19. The summed E-state index contributed by atoms with van der Waals surface area (Å²) >= 11 is 0. The summed E-state index contributed by atoms with van der Waals surface area (Å²) in [7, 11) is -0.236. The lowest BCUT2D eigenvalue weighted by Gasteiger charge is -2.19. The summed E-state index contributed by atoms with van der Waals surface area (Å²) in [6, 6.07) is 7.07. The molecular formula is C12H19NO2S. The average Bonchev–Trinajstić information content (AvgIpc) is 2.16. The Kier molecular flexibility index (Phi) is 3.45. The van der Waals surface area contributed by atoms with Gasteiger partial charge >= 0.3 is 0 Å². The van der Waals surface area contributed by atoms with Crippen LogP contribution in [0.5, 0.6) is 0 Å². The fourth-order valence-corrected chi connectivity index (χ4v) is 2.24. The van der Waals surface area contributed by atoms with Crippen LogP contribution < -0.4 is 0 Å². The molecule has 0 saturated heterocycles. The highest BCUT2D eigenvalue weighted by molar-refractivity contribution is 7.89. The van der Waals surface area contributed by atoms with Crippen LogP contribution in [0.1, 0.15) is 26.3 Å². The van der Waals surface area contributed by atoms with E-state index >= 15 is 0 Å². The van der Waals surface area contributed by atoms with Gasteiger partial charge in [0.25, 0.3) is 0 Å². The summed E-state index contributed by atoms with van der Waals surface area (Å²) in [6.45, 7) is 6.30.